The minimum Gasteiger partial charge on any atom is -0.756 e. The van der Waals surface area contributed by atoms with Gasteiger partial charge in [0.05, 0.1) is 33.8 Å². The van der Waals surface area contributed by atoms with Gasteiger partial charge in [-0.15, -0.1) is 0 Å². The Morgan fingerprint density at radius 3 is 1.31 bits per heavy atom. The van der Waals surface area contributed by atoms with E-state index in [1.165, 1.54) is 161 Å². The van der Waals surface area contributed by atoms with Crippen molar-refractivity contribution in [1.29, 1.82) is 0 Å². The van der Waals surface area contributed by atoms with E-state index in [0.717, 1.165) is 83.5 Å². The second kappa shape index (κ2) is 51.5. The number of rotatable bonds is 54. The van der Waals surface area contributed by atoms with Crippen molar-refractivity contribution >= 4 is 19.7 Å². The van der Waals surface area contributed by atoms with Crippen LogP contribution in [0.4, 0.5) is 0 Å². The number of likely N-dealkylation sites (N-methyl/N-ethyl adjacent to an activating group) is 1. The first-order chi connectivity index (χ1) is 34.4. The molecule has 0 heterocycles. The zero-order chi connectivity index (χ0) is 52.2. The number of amides is 1. The van der Waals surface area contributed by atoms with E-state index in [1.54, 1.807) is 0 Å². The van der Waals surface area contributed by atoms with E-state index in [4.69, 9.17) is 13.8 Å². The molecule has 71 heavy (non-hydrogen) atoms. The third-order valence-corrected chi connectivity index (χ3v) is 14.2. The van der Waals surface area contributed by atoms with Crippen molar-refractivity contribution in [2.24, 2.45) is 0 Å². The molecule has 0 rings (SSSR count). The third kappa shape index (κ3) is 52.6. The van der Waals surface area contributed by atoms with Crippen LogP contribution in [0.25, 0.3) is 0 Å². The number of hydrogen-bond acceptors (Lipinski definition) is 7. The number of nitrogens with one attached hydrogen (secondary N) is 1. The Kier molecular flexibility index (Phi) is 50.0. The van der Waals surface area contributed by atoms with Gasteiger partial charge >= 0.3 is 5.97 Å². The number of carbonyl (C=O) groups is 2. The summed E-state index contributed by atoms with van der Waals surface area (Å²) < 4.78 is 30.2. The van der Waals surface area contributed by atoms with Gasteiger partial charge in [-0.3, -0.25) is 14.2 Å². The normalized spacial score (nSPS) is 14.1. The quantitative estimate of drug-likeness (QED) is 0.0212. The lowest BCUT2D eigenvalue weighted by Crippen LogP contribution is -2.47. The van der Waals surface area contributed by atoms with Gasteiger partial charge in [0, 0.05) is 12.8 Å². The van der Waals surface area contributed by atoms with Crippen molar-refractivity contribution in [2.45, 2.75) is 290 Å². The first-order valence-electron chi connectivity index (χ1n) is 29.9. The summed E-state index contributed by atoms with van der Waals surface area (Å²) in [7, 11) is 1.18. The molecule has 10 heteroatoms. The van der Waals surface area contributed by atoms with Crippen LogP contribution in [0.5, 0.6) is 0 Å². The molecule has 0 aliphatic carbocycles. The van der Waals surface area contributed by atoms with Crippen LogP contribution >= 0.6 is 7.82 Å². The Morgan fingerprint density at radius 1 is 0.493 bits per heavy atom. The summed E-state index contributed by atoms with van der Waals surface area (Å²) in [5.41, 5.74) is 0. The molecule has 0 fully saturated rings. The van der Waals surface area contributed by atoms with Gasteiger partial charge in [-0.1, -0.05) is 243 Å². The highest BCUT2D eigenvalue weighted by molar-refractivity contribution is 7.45. The number of hydrogen-bond donors (Lipinski definition) is 1. The summed E-state index contributed by atoms with van der Waals surface area (Å²) in [6.45, 7) is 6.82. The van der Waals surface area contributed by atoms with Gasteiger partial charge in [0.25, 0.3) is 7.82 Å². The SMILES string of the molecule is CCCCC/C=C\C/C=C\C/C=C\CCCCCCCCC(=O)OC(/C=C/CCCCCCCCCCC)C(COP(=O)([O-])OCC[N+](C)(C)C)NC(=O)CCCCCCCCCCCCCCCCC. The van der Waals surface area contributed by atoms with Crippen LogP contribution in [0.3, 0.4) is 0 Å². The molecule has 1 N–H and O–H groups in total. The number of nitrogens with zero attached hydrogens (tertiary/aromatic N) is 1. The van der Waals surface area contributed by atoms with Crippen LogP contribution in [0.15, 0.2) is 48.6 Å². The van der Waals surface area contributed by atoms with Gasteiger partial charge in [0.1, 0.15) is 19.3 Å². The second-order valence-corrected chi connectivity index (χ2v) is 22.9. The molecule has 0 aromatic carbocycles. The van der Waals surface area contributed by atoms with Crippen molar-refractivity contribution in [1.82, 2.24) is 5.32 Å². The predicted octanol–water partition coefficient (Wildman–Crippen LogP) is 17.5. The van der Waals surface area contributed by atoms with Crippen molar-refractivity contribution in [3.05, 3.63) is 48.6 Å². The number of phosphoric ester groups is 1. The standard InChI is InChI=1S/C61H115N2O7P/c1-7-10-13-16-19-22-25-27-29-30-31-32-34-36-39-42-45-48-51-54-61(65)70-59(52-49-46-43-40-37-24-21-18-15-12-9-3)58(57-69-71(66,67)68-56-55-63(4,5)6)62-60(64)53-50-47-44-41-38-35-33-28-26-23-20-17-14-11-8-2/h19,22,27,29,31-32,49,52,58-59H,7-18,20-21,23-26,28,30,33-48,50-51,53-57H2,1-6H3,(H-,62,64,66,67)/b22-19-,29-27-,32-31-,52-49+. The van der Waals surface area contributed by atoms with Crippen molar-refractivity contribution in [3.8, 4) is 0 Å². The molecule has 0 spiro atoms. The van der Waals surface area contributed by atoms with E-state index in [-0.39, 0.29) is 24.9 Å². The average Bonchev–Trinajstić information content (AvgIpc) is 3.33. The smallest absolute Gasteiger partial charge is 0.306 e. The Bertz CT molecular complexity index is 1360. The molecular weight excluding hydrogens is 904 g/mol. The van der Waals surface area contributed by atoms with E-state index >= 15 is 0 Å². The molecule has 416 valence electrons. The number of esters is 1. The van der Waals surface area contributed by atoms with E-state index in [9.17, 15) is 19.0 Å². The first kappa shape index (κ1) is 69.0. The van der Waals surface area contributed by atoms with Crippen LogP contribution in [-0.2, 0) is 27.9 Å². The van der Waals surface area contributed by atoms with E-state index in [1.807, 2.05) is 33.3 Å². The molecule has 0 bridgehead atoms. The summed E-state index contributed by atoms with van der Waals surface area (Å²) in [4.78, 5) is 39.9. The van der Waals surface area contributed by atoms with Gasteiger partial charge < -0.3 is 28.5 Å². The topological polar surface area (TPSA) is 114 Å². The highest BCUT2D eigenvalue weighted by atomic mass is 31.2. The van der Waals surface area contributed by atoms with Crippen molar-refractivity contribution < 1.29 is 37.3 Å². The minimum absolute atomic E-state index is 0.0236. The summed E-state index contributed by atoms with van der Waals surface area (Å²) >= 11 is 0. The van der Waals surface area contributed by atoms with Gasteiger partial charge in [-0.25, -0.2) is 0 Å². The lowest BCUT2D eigenvalue weighted by atomic mass is 10.0. The molecule has 0 radical (unpaired) electrons. The average molecular weight is 1020 g/mol. The third-order valence-electron chi connectivity index (χ3n) is 13.3. The zero-order valence-corrected chi connectivity index (χ0v) is 48.3. The molecule has 3 atom stereocenters. The minimum atomic E-state index is -4.69. The number of unbranched alkanes of at least 4 members (excludes halogenated alkanes) is 32. The highest BCUT2D eigenvalue weighted by Gasteiger charge is 2.27. The number of quaternary nitrogens is 1. The van der Waals surface area contributed by atoms with Gasteiger partial charge in [-0.05, 0) is 70.3 Å². The van der Waals surface area contributed by atoms with E-state index in [2.05, 4.69) is 62.5 Å². The Labute approximate surface area is 439 Å². The predicted molar refractivity (Wildman–Crippen MR) is 302 cm³/mol. The largest absolute Gasteiger partial charge is 0.756 e. The molecule has 0 saturated heterocycles. The maximum atomic E-state index is 13.5. The lowest BCUT2D eigenvalue weighted by Gasteiger charge is -2.30. The number of phosphoric acid groups is 1. The monoisotopic (exact) mass is 1020 g/mol. The van der Waals surface area contributed by atoms with Gasteiger partial charge in [0.15, 0.2) is 0 Å². The Hall–Kier alpha value is -2.03. The van der Waals surface area contributed by atoms with E-state index in [0.29, 0.717) is 17.4 Å². The first-order valence-corrected chi connectivity index (χ1v) is 31.4. The fourth-order valence-electron chi connectivity index (χ4n) is 8.59. The Morgan fingerprint density at radius 2 is 0.859 bits per heavy atom. The number of ether oxygens (including phenoxy) is 1. The van der Waals surface area contributed by atoms with Crippen LogP contribution in [0, 0.1) is 0 Å². The van der Waals surface area contributed by atoms with Crippen molar-refractivity contribution in [2.75, 3.05) is 40.9 Å². The highest BCUT2D eigenvalue weighted by Crippen LogP contribution is 2.38. The van der Waals surface area contributed by atoms with Gasteiger partial charge in [0.2, 0.25) is 5.91 Å². The molecule has 3 unspecified atom stereocenters. The molecule has 1 amide bonds. The van der Waals surface area contributed by atoms with Crippen LogP contribution in [0.1, 0.15) is 278 Å². The summed E-state index contributed by atoms with van der Waals surface area (Å²) in [5.74, 6) is -0.548. The summed E-state index contributed by atoms with van der Waals surface area (Å²) in [6.07, 6.45) is 62.1. The summed E-state index contributed by atoms with van der Waals surface area (Å²) in [6, 6.07) is -0.890. The molecule has 0 aliphatic heterocycles. The lowest BCUT2D eigenvalue weighted by molar-refractivity contribution is -0.870. The van der Waals surface area contributed by atoms with E-state index < -0.39 is 26.6 Å². The maximum Gasteiger partial charge on any atom is 0.306 e. The molecular formula is C61H115N2O7P. The maximum absolute atomic E-state index is 13.5. The van der Waals surface area contributed by atoms with Gasteiger partial charge in [-0.2, -0.15) is 0 Å². The number of allylic oxidation sites excluding steroid dienone is 7. The number of carbonyl (C=O) groups excluding carboxylic acids is 2. The van der Waals surface area contributed by atoms with Crippen molar-refractivity contribution in [3.63, 3.8) is 0 Å². The second-order valence-electron chi connectivity index (χ2n) is 21.5. The van der Waals surface area contributed by atoms with Crippen LogP contribution in [0.2, 0.25) is 0 Å². The fraction of sp³-hybridized carbons (Fsp3) is 0.836. The molecule has 0 aromatic rings. The molecule has 0 saturated carbocycles. The Balaban J connectivity index is 5.27. The molecule has 9 nitrogen and oxygen atoms in total. The molecule has 0 aliphatic rings. The van der Waals surface area contributed by atoms with Crippen LogP contribution < -0.4 is 10.2 Å². The fourth-order valence-corrected chi connectivity index (χ4v) is 9.31. The zero-order valence-electron chi connectivity index (χ0n) is 47.4. The van der Waals surface area contributed by atoms with Crippen LogP contribution in [-0.4, -0.2) is 69.4 Å². The summed E-state index contributed by atoms with van der Waals surface area (Å²) in [5, 5.41) is 3.02. The molecule has 0 aromatic heterocycles.